The molecule has 0 aromatic heterocycles. The molecule has 0 saturated carbocycles. The first-order valence-electron chi connectivity index (χ1n) is 8.38. The number of hydrogen-bond acceptors (Lipinski definition) is 4. The monoisotopic (exact) mass is 362 g/mol. The van der Waals surface area contributed by atoms with E-state index >= 15 is 0 Å². The summed E-state index contributed by atoms with van der Waals surface area (Å²) in [5, 5.41) is 12.0. The van der Waals surface area contributed by atoms with Crippen LogP contribution in [0.5, 0.6) is 5.75 Å². The van der Waals surface area contributed by atoms with Crippen molar-refractivity contribution in [2.45, 2.75) is 6.04 Å². The maximum absolute atomic E-state index is 13.9. The van der Waals surface area contributed by atoms with Crippen molar-refractivity contribution in [2.24, 2.45) is 0 Å². The Balaban J connectivity index is 1.76. The molecule has 1 aliphatic heterocycles. The van der Waals surface area contributed by atoms with Crippen molar-refractivity contribution in [3.05, 3.63) is 65.2 Å². The fraction of sp³-hybridized carbons (Fsp3) is 0.316. The molecule has 138 valence electrons. The Hall–Kier alpha value is -2.51. The molecule has 2 aromatic carbocycles. The molecule has 0 unspecified atom stereocenters. The fourth-order valence-corrected chi connectivity index (χ4v) is 3.03. The number of halogens is 2. The van der Waals surface area contributed by atoms with E-state index in [1.54, 1.807) is 12.1 Å². The molecule has 0 spiro atoms. The van der Waals surface area contributed by atoms with Crippen molar-refractivity contribution in [1.29, 1.82) is 0 Å². The lowest BCUT2D eigenvalue weighted by Crippen LogP contribution is -2.44. The molecule has 2 N–H and O–H groups in total. The number of phenolic OH excluding ortho intramolecular Hbond substituents is 1. The smallest absolute Gasteiger partial charge is 0.254 e. The van der Waals surface area contributed by atoms with Crippen LogP contribution in [-0.2, 0) is 4.74 Å². The summed E-state index contributed by atoms with van der Waals surface area (Å²) in [6, 6.07) is 9.35. The molecule has 1 atom stereocenters. The molecule has 0 aliphatic carbocycles. The van der Waals surface area contributed by atoms with Crippen LogP contribution in [0.15, 0.2) is 42.5 Å². The molecule has 0 radical (unpaired) electrons. The Morgan fingerprint density at radius 2 is 1.96 bits per heavy atom. The first-order valence-corrected chi connectivity index (χ1v) is 8.38. The Morgan fingerprint density at radius 3 is 2.65 bits per heavy atom. The van der Waals surface area contributed by atoms with Gasteiger partial charge in [-0.3, -0.25) is 9.69 Å². The molecule has 1 saturated heterocycles. The lowest BCUT2D eigenvalue weighted by atomic mass is 10.0. The summed E-state index contributed by atoms with van der Waals surface area (Å²) in [6.45, 7) is 2.64. The minimum absolute atomic E-state index is 0.150. The summed E-state index contributed by atoms with van der Waals surface area (Å²) in [5.74, 6) is -1.98. The van der Waals surface area contributed by atoms with E-state index in [0.29, 0.717) is 26.3 Å². The van der Waals surface area contributed by atoms with Crippen molar-refractivity contribution in [2.75, 3.05) is 32.8 Å². The normalized spacial score (nSPS) is 16.2. The van der Waals surface area contributed by atoms with Crippen molar-refractivity contribution < 1.29 is 23.4 Å². The third-order valence-corrected chi connectivity index (χ3v) is 4.37. The van der Waals surface area contributed by atoms with Crippen LogP contribution in [0.4, 0.5) is 8.78 Å². The lowest BCUT2D eigenvalue weighted by molar-refractivity contribution is 0.0161. The summed E-state index contributed by atoms with van der Waals surface area (Å²) in [6.07, 6.45) is 0. The fourth-order valence-electron chi connectivity index (χ4n) is 3.03. The van der Waals surface area contributed by atoms with Gasteiger partial charge in [0.15, 0.2) is 0 Å². The third kappa shape index (κ3) is 4.36. The summed E-state index contributed by atoms with van der Waals surface area (Å²) < 4.78 is 32.9. The number of phenols is 1. The zero-order valence-electron chi connectivity index (χ0n) is 14.1. The van der Waals surface area contributed by atoms with Gasteiger partial charge in [-0.15, -0.1) is 0 Å². The predicted octanol–water partition coefficient (Wildman–Crippen LogP) is 2.47. The van der Waals surface area contributed by atoms with Gasteiger partial charge in [0.25, 0.3) is 5.91 Å². The van der Waals surface area contributed by atoms with Gasteiger partial charge in [-0.2, -0.15) is 0 Å². The van der Waals surface area contributed by atoms with Gasteiger partial charge in [0, 0.05) is 25.7 Å². The average Bonchev–Trinajstić information content (AvgIpc) is 2.63. The van der Waals surface area contributed by atoms with E-state index in [4.69, 9.17) is 4.74 Å². The predicted molar refractivity (Wildman–Crippen MR) is 91.9 cm³/mol. The molecule has 3 rings (SSSR count). The molecule has 1 heterocycles. The second-order valence-electron chi connectivity index (χ2n) is 6.09. The summed E-state index contributed by atoms with van der Waals surface area (Å²) in [7, 11) is 0. The number of amides is 1. The molecule has 1 aliphatic rings. The zero-order valence-corrected chi connectivity index (χ0v) is 14.1. The Bertz CT molecular complexity index is 779. The number of ether oxygens (including phenoxy) is 1. The number of carbonyl (C=O) groups is 1. The highest BCUT2D eigenvalue weighted by atomic mass is 19.1. The second kappa shape index (κ2) is 8.25. The van der Waals surface area contributed by atoms with Crippen LogP contribution in [-0.4, -0.2) is 48.8 Å². The standard InChI is InChI=1S/C19H20F2N2O3/c20-14-3-1-2-13(10-14)18(23-6-8-26-9-7-23)12-22-19(25)16-5-4-15(24)11-17(16)21/h1-5,10-11,18,24H,6-9,12H2,(H,22,25)/t18-/m1/s1. The highest BCUT2D eigenvalue weighted by molar-refractivity contribution is 5.94. The number of nitrogens with zero attached hydrogens (tertiary/aromatic N) is 1. The number of benzene rings is 2. The number of morpholine rings is 1. The molecule has 1 fully saturated rings. The van der Waals surface area contributed by atoms with Crippen LogP contribution in [0.1, 0.15) is 22.0 Å². The minimum atomic E-state index is -0.795. The van der Waals surface area contributed by atoms with Gasteiger partial charge in [-0.1, -0.05) is 12.1 Å². The second-order valence-corrected chi connectivity index (χ2v) is 6.09. The van der Waals surface area contributed by atoms with Crippen molar-refractivity contribution in [3.8, 4) is 5.75 Å². The average molecular weight is 362 g/mol. The van der Waals surface area contributed by atoms with Crippen molar-refractivity contribution in [1.82, 2.24) is 10.2 Å². The number of nitrogens with one attached hydrogen (secondary N) is 1. The molecule has 1 amide bonds. The van der Waals surface area contributed by atoms with Crippen LogP contribution in [0.25, 0.3) is 0 Å². The van der Waals surface area contributed by atoms with Gasteiger partial charge in [-0.25, -0.2) is 8.78 Å². The highest BCUT2D eigenvalue weighted by Crippen LogP contribution is 2.22. The Kier molecular flexibility index (Phi) is 5.80. The van der Waals surface area contributed by atoms with E-state index in [2.05, 4.69) is 10.2 Å². The zero-order chi connectivity index (χ0) is 18.5. The maximum atomic E-state index is 13.9. The molecule has 5 nitrogen and oxygen atoms in total. The number of carbonyl (C=O) groups excluding carboxylic acids is 1. The third-order valence-electron chi connectivity index (χ3n) is 4.37. The molecular weight excluding hydrogens is 342 g/mol. The number of aromatic hydroxyl groups is 1. The topological polar surface area (TPSA) is 61.8 Å². The first kappa shape index (κ1) is 18.3. The van der Waals surface area contributed by atoms with E-state index in [1.165, 1.54) is 24.3 Å². The SMILES string of the molecule is O=C(NC[C@H](c1cccc(F)c1)N1CCOCC1)c1ccc(O)cc1F. The Morgan fingerprint density at radius 1 is 1.19 bits per heavy atom. The lowest BCUT2D eigenvalue weighted by Gasteiger charge is -2.35. The van der Waals surface area contributed by atoms with E-state index in [9.17, 15) is 18.7 Å². The van der Waals surface area contributed by atoms with Gasteiger partial charge < -0.3 is 15.2 Å². The summed E-state index contributed by atoms with van der Waals surface area (Å²) >= 11 is 0. The molecule has 2 aromatic rings. The number of hydrogen-bond donors (Lipinski definition) is 2. The number of rotatable bonds is 5. The molecular formula is C19H20F2N2O3. The van der Waals surface area contributed by atoms with E-state index in [0.717, 1.165) is 11.6 Å². The van der Waals surface area contributed by atoms with Crippen LogP contribution in [0, 0.1) is 11.6 Å². The molecule has 7 heteroatoms. The van der Waals surface area contributed by atoms with Crippen molar-refractivity contribution >= 4 is 5.91 Å². The van der Waals surface area contributed by atoms with E-state index in [-0.39, 0.29) is 29.7 Å². The summed E-state index contributed by atoms with van der Waals surface area (Å²) in [4.78, 5) is 14.4. The van der Waals surface area contributed by atoms with Gasteiger partial charge >= 0.3 is 0 Å². The van der Waals surface area contributed by atoms with Crippen LogP contribution in [0.2, 0.25) is 0 Å². The highest BCUT2D eigenvalue weighted by Gasteiger charge is 2.24. The van der Waals surface area contributed by atoms with Crippen LogP contribution in [0.3, 0.4) is 0 Å². The van der Waals surface area contributed by atoms with E-state index in [1.807, 2.05) is 0 Å². The van der Waals surface area contributed by atoms with Gasteiger partial charge in [0.2, 0.25) is 0 Å². The quantitative estimate of drug-likeness (QED) is 0.858. The van der Waals surface area contributed by atoms with Gasteiger partial charge in [0.1, 0.15) is 17.4 Å². The largest absolute Gasteiger partial charge is 0.508 e. The molecule has 26 heavy (non-hydrogen) atoms. The minimum Gasteiger partial charge on any atom is -0.508 e. The van der Waals surface area contributed by atoms with Gasteiger partial charge in [0.05, 0.1) is 24.8 Å². The summed E-state index contributed by atoms with van der Waals surface area (Å²) in [5.41, 5.74) is 0.584. The van der Waals surface area contributed by atoms with E-state index < -0.39 is 11.7 Å². The van der Waals surface area contributed by atoms with Crippen LogP contribution < -0.4 is 5.32 Å². The van der Waals surface area contributed by atoms with Crippen LogP contribution >= 0.6 is 0 Å². The van der Waals surface area contributed by atoms with Gasteiger partial charge in [-0.05, 0) is 29.8 Å². The van der Waals surface area contributed by atoms with Crippen molar-refractivity contribution in [3.63, 3.8) is 0 Å². The molecule has 0 bridgehead atoms. The maximum Gasteiger partial charge on any atom is 0.254 e. The first-order chi connectivity index (χ1) is 12.5. The Labute approximate surface area is 150 Å².